The van der Waals surface area contributed by atoms with Gasteiger partial charge in [0.2, 0.25) is 10.0 Å². The molecule has 1 aliphatic carbocycles. The van der Waals surface area contributed by atoms with E-state index in [4.69, 9.17) is 0 Å². The molecule has 0 unspecified atom stereocenters. The molecule has 1 aliphatic rings. The van der Waals surface area contributed by atoms with Gasteiger partial charge < -0.3 is 4.98 Å². The van der Waals surface area contributed by atoms with Gasteiger partial charge in [0.05, 0.1) is 4.90 Å². The van der Waals surface area contributed by atoms with Crippen molar-refractivity contribution in [2.75, 3.05) is 0 Å². The van der Waals surface area contributed by atoms with Crippen molar-refractivity contribution in [1.29, 1.82) is 0 Å². The second-order valence-electron chi connectivity index (χ2n) is 8.46. The SMILES string of the molecule is Cc1cc(C)c2cc(CN(C3CCCCC3)S(=O)(=O)c3ccc(F)cc3)c(=O)[nH]c2c1. The van der Waals surface area contributed by atoms with Gasteiger partial charge >= 0.3 is 0 Å². The summed E-state index contributed by atoms with van der Waals surface area (Å²) in [6, 6.07) is 10.5. The minimum Gasteiger partial charge on any atom is -0.322 e. The first kappa shape index (κ1) is 21.7. The van der Waals surface area contributed by atoms with E-state index >= 15 is 0 Å². The predicted octanol–water partition coefficient (Wildman–Crippen LogP) is 4.81. The van der Waals surface area contributed by atoms with Crippen molar-refractivity contribution < 1.29 is 12.8 Å². The van der Waals surface area contributed by atoms with E-state index in [0.717, 1.165) is 66.3 Å². The topological polar surface area (TPSA) is 70.2 Å². The number of H-pyrrole nitrogens is 1. The first-order chi connectivity index (χ1) is 14.8. The van der Waals surface area contributed by atoms with Crippen LogP contribution in [-0.2, 0) is 16.6 Å². The number of aryl methyl sites for hydroxylation is 2. The average Bonchev–Trinajstić information content (AvgIpc) is 2.73. The largest absolute Gasteiger partial charge is 0.322 e. The number of sulfonamides is 1. The number of rotatable bonds is 5. The molecule has 0 spiro atoms. The fraction of sp³-hybridized carbons (Fsp3) is 0.375. The zero-order chi connectivity index (χ0) is 22.2. The molecule has 31 heavy (non-hydrogen) atoms. The van der Waals surface area contributed by atoms with Gasteiger partial charge in [-0.25, -0.2) is 12.8 Å². The molecule has 0 radical (unpaired) electrons. The van der Waals surface area contributed by atoms with Gasteiger partial charge in [-0.2, -0.15) is 4.31 Å². The lowest BCUT2D eigenvalue weighted by Gasteiger charge is -2.33. The number of fused-ring (bicyclic) bond motifs is 1. The van der Waals surface area contributed by atoms with Gasteiger partial charge in [0, 0.05) is 29.1 Å². The summed E-state index contributed by atoms with van der Waals surface area (Å²) in [5, 5.41) is 0.906. The van der Waals surface area contributed by atoms with Crippen LogP contribution < -0.4 is 5.56 Å². The molecule has 3 aromatic rings. The zero-order valence-electron chi connectivity index (χ0n) is 17.8. The van der Waals surface area contributed by atoms with E-state index in [1.165, 1.54) is 16.4 Å². The van der Waals surface area contributed by atoms with Crippen LogP contribution >= 0.6 is 0 Å². The summed E-state index contributed by atoms with van der Waals surface area (Å²) in [6.45, 7) is 3.94. The number of hydrogen-bond donors (Lipinski definition) is 1. The third-order valence-corrected chi connectivity index (χ3v) is 8.03. The number of halogens is 1. The molecule has 7 heteroatoms. The fourth-order valence-corrected chi connectivity index (χ4v) is 6.19. The van der Waals surface area contributed by atoms with Crippen LogP contribution in [0, 0.1) is 19.7 Å². The van der Waals surface area contributed by atoms with Gasteiger partial charge in [-0.15, -0.1) is 0 Å². The van der Waals surface area contributed by atoms with Crippen molar-refractivity contribution >= 4 is 20.9 Å². The Morgan fingerprint density at radius 1 is 1.03 bits per heavy atom. The number of pyridine rings is 1. The number of benzene rings is 2. The number of hydrogen-bond acceptors (Lipinski definition) is 3. The molecular formula is C24H27FN2O3S. The number of aromatic amines is 1. The van der Waals surface area contributed by atoms with Crippen LogP contribution in [0.3, 0.4) is 0 Å². The number of nitrogens with one attached hydrogen (secondary N) is 1. The second-order valence-corrected chi connectivity index (χ2v) is 10.4. The van der Waals surface area contributed by atoms with Crippen LogP contribution in [-0.4, -0.2) is 23.7 Å². The summed E-state index contributed by atoms with van der Waals surface area (Å²) in [5.41, 5.74) is 2.95. The third-order valence-electron chi connectivity index (χ3n) is 6.12. The maximum absolute atomic E-state index is 13.5. The molecule has 1 N–H and O–H groups in total. The molecule has 4 rings (SSSR count). The standard InChI is InChI=1S/C24H27FN2O3S/c1-16-12-17(2)22-14-18(24(28)26-23(22)13-16)15-27(20-6-4-3-5-7-20)31(29,30)21-10-8-19(25)9-11-21/h8-14,20H,3-7,15H2,1-2H3,(H,26,28). The summed E-state index contributed by atoms with van der Waals surface area (Å²) in [5.74, 6) is -0.486. The van der Waals surface area contributed by atoms with Gasteiger partial charge in [-0.1, -0.05) is 25.3 Å². The Morgan fingerprint density at radius 2 is 1.71 bits per heavy atom. The van der Waals surface area contributed by atoms with Crippen molar-refractivity contribution in [3.63, 3.8) is 0 Å². The first-order valence-corrected chi connectivity index (χ1v) is 12.1. The molecule has 0 saturated heterocycles. The molecule has 0 amide bonds. The molecule has 0 bridgehead atoms. The average molecular weight is 443 g/mol. The molecule has 1 fully saturated rings. The van der Waals surface area contributed by atoms with Crippen molar-refractivity contribution in [3.05, 3.63) is 75.3 Å². The van der Waals surface area contributed by atoms with Gasteiger partial charge in [0.1, 0.15) is 5.82 Å². The normalized spacial score (nSPS) is 15.6. The monoisotopic (exact) mass is 442 g/mol. The van der Waals surface area contributed by atoms with E-state index in [0.29, 0.717) is 5.56 Å². The minimum atomic E-state index is -3.89. The number of nitrogens with zero attached hydrogens (tertiary/aromatic N) is 1. The van der Waals surface area contributed by atoms with Crippen LogP contribution in [0.2, 0.25) is 0 Å². The predicted molar refractivity (Wildman–Crippen MR) is 120 cm³/mol. The Balaban J connectivity index is 1.79. The molecule has 1 aromatic heterocycles. The lowest BCUT2D eigenvalue weighted by molar-refractivity contribution is 0.247. The van der Waals surface area contributed by atoms with E-state index in [9.17, 15) is 17.6 Å². The first-order valence-electron chi connectivity index (χ1n) is 10.7. The van der Waals surface area contributed by atoms with Crippen molar-refractivity contribution in [2.24, 2.45) is 0 Å². The highest BCUT2D eigenvalue weighted by molar-refractivity contribution is 7.89. The third kappa shape index (κ3) is 4.43. The Labute approximate surface area is 182 Å². The highest BCUT2D eigenvalue weighted by Crippen LogP contribution is 2.30. The molecule has 164 valence electrons. The van der Waals surface area contributed by atoms with Crippen LogP contribution in [0.15, 0.2) is 52.2 Å². The van der Waals surface area contributed by atoms with Crippen LogP contribution in [0.5, 0.6) is 0 Å². The Kier molecular flexibility index (Phi) is 5.99. The van der Waals surface area contributed by atoms with Crippen molar-refractivity contribution in [1.82, 2.24) is 9.29 Å². The van der Waals surface area contributed by atoms with Crippen LogP contribution in [0.1, 0.15) is 48.8 Å². The number of aromatic nitrogens is 1. The van der Waals surface area contributed by atoms with Gasteiger partial charge in [-0.3, -0.25) is 4.79 Å². The Bertz CT molecular complexity index is 1260. The smallest absolute Gasteiger partial charge is 0.252 e. The van der Waals surface area contributed by atoms with Crippen LogP contribution in [0.4, 0.5) is 4.39 Å². The van der Waals surface area contributed by atoms with E-state index < -0.39 is 15.8 Å². The maximum Gasteiger partial charge on any atom is 0.252 e. The fourth-order valence-electron chi connectivity index (χ4n) is 4.52. The van der Waals surface area contributed by atoms with Gasteiger partial charge in [-0.05, 0) is 74.2 Å². The molecule has 0 aliphatic heterocycles. The molecule has 0 atom stereocenters. The molecule has 2 aromatic carbocycles. The molecule has 5 nitrogen and oxygen atoms in total. The Hall–Kier alpha value is -2.51. The molecule has 1 saturated carbocycles. The zero-order valence-corrected chi connectivity index (χ0v) is 18.6. The quantitative estimate of drug-likeness (QED) is 0.617. The summed E-state index contributed by atoms with van der Waals surface area (Å²) >= 11 is 0. The van der Waals surface area contributed by atoms with Crippen molar-refractivity contribution in [3.8, 4) is 0 Å². The van der Waals surface area contributed by atoms with E-state index in [-0.39, 0.29) is 23.0 Å². The van der Waals surface area contributed by atoms with Crippen LogP contribution in [0.25, 0.3) is 10.9 Å². The van der Waals surface area contributed by atoms with Gasteiger partial charge in [0.25, 0.3) is 5.56 Å². The van der Waals surface area contributed by atoms with E-state index in [2.05, 4.69) is 4.98 Å². The van der Waals surface area contributed by atoms with E-state index in [1.54, 1.807) is 6.07 Å². The Morgan fingerprint density at radius 3 is 2.39 bits per heavy atom. The summed E-state index contributed by atoms with van der Waals surface area (Å²) < 4.78 is 41.9. The molecular weight excluding hydrogens is 415 g/mol. The molecule has 1 heterocycles. The minimum absolute atomic E-state index is 0.0109. The highest BCUT2D eigenvalue weighted by atomic mass is 32.2. The highest BCUT2D eigenvalue weighted by Gasteiger charge is 2.33. The maximum atomic E-state index is 13.5. The lowest BCUT2D eigenvalue weighted by Crippen LogP contribution is -2.42. The summed E-state index contributed by atoms with van der Waals surface area (Å²) in [6.07, 6.45) is 4.49. The summed E-state index contributed by atoms with van der Waals surface area (Å²) in [7, 11) is -3.89. The lowest BCUT2D eigenvalue weighted by atomic mass is 9.95. The van der Waals surface area contributed by atoms with Crippen molar-refractivity contribution in [2.45, 2.75) is 63.4 Å². The van der Waals surface area contributed by atoms with E-state index in [1.807, 2.05) is 26.0 Å². The summed E-state index contributed by atoms with van der Waals surface area (Å²) in [4.78, 5) is 15.8. The second kappa shape index (κ2) is 8.55. The van der Waals surface area contributed by atoms with Gasteiger partial charge in [0.15, 0.2) is 0 Å².